The van der Waals surface area contributed by atoms with Crippen LogP contribution in [0.25, 0.3) is 0 Å². The van der Waals surface area contributed by atoms with E-state index in [-0.39, 0.29) is 6.04 Å². The van der Waals surface area contributed by atoms with Gasteiger partial charge in [-0.15, -0.1) is 0 Å². The molecule has 0 spiro atoms. The van der Waals surface area contributed by atoms with Crippen LogP contribution in [0.2, 0.25) is 0 Å². The fourth-order valence-corrected chi connectivity index (χ4v) is 4.98. The van der Waals surface area contributed by atoms with Crippen LogP contribution >= 0.6 is 0 Å². The van der Waals surface area contributed by atoms with E-state index in [1.165, 1.54) is 16.9 Å². The van der Waals surface area contributed by atoms with Gasteiger partial charge < -0.3 is 24.4 Å². The Bertz CT molecular complexity index is 911. The standard InChI is InChI=1S/C25H32N2O3/c1-6-27(7-2)17-11-12-21-20(15-17)18-9-8-10-19(18)24(26-21)16-13-22(28-3)25(30-5)23(14-16)29-4/h8-9,11-15,18-19,24,26H,6-7,10H2,1-5H3. The summed E-state index contributed by atoms with van der Waals surface area (Å²) in [6.07, 6.45) is 5.75. The van der Waals surface area contributed by atoms with Gasteiger partial charge in [0, 0.05) is 30.4 Å². The Kier molecular flexibility index (Phi) is 5.80. The first-order valence-corrected chi connectivity index (χ1v) is 10.8. The monoisotopic (exact) mass is 408 g/mol. The van der Waals surface area contributed by atoms with Gasteiger partial charge in [-0.2, -0.15) is 0 Å². The van der Waals surface area contributed by atoms with Gasteiger partial charge in [-0.1, -0.05) is 12.2 Å². The maximum absolute atomic E-state index is 5.60. The third kappa shape index (κ3) is 3.36. The smallest absolute Gasteiger partial charge is 0.203 e. The molecule has 1 aliphatic heterocycles. The zero-order chi connectivity index (χ0) is 21.3. The third-order valence-electron chi connectivity index (χ3n) is 6.52. The predicted octanol–water partition coefficient (Wildman–Crippen LogP) is 5.39. The summed E-state index contributed by atoms with van der Waals surface area (Å²) in [6, 6.07) is 11.1. The Morgan fingerprint density at radius 2 is 1.67 bits per heavy atom. The molecule has 0 saturated carbocycles. The number of anilines is 2. The maximum atomic E-state index is 5.60. The molecule has 0 fully saturated rings. The van der Waals surface area contributed by atoms with Crippen molar-refractivity contribution in [1.29, 1.82) is 0 Å². The lowest BCUT2D eigenvalue weighted by atomic mass is 9.76. The van der Waals surface area contributed by atoms with Crippen LogP contribution in [-0.2, 0) is 0 Å². The van der Waals surface area contributed by atoms with E-state index < -0.39 is 0 Å². The minimum absolute atomic E-state index is 0.172. The summed E-state index contributed by atoms with van der Waals surface area (Å²) in [5, 5.41) is 3.82. The summed E-state index contributed by atoms with van der Waals surface area (Å²) >= 11 is 0. The van der Waals surface area contributed by atoms with Crippen molar-refractivity contribution in [2.24, 2.45) is 5.92 Å². The van der Waals surface area contributed by atoms with Crippen LogP contribution in [0.4, 0.5) is 11.4 Å². The molecule has 2 aromatic rings. The van der Waals surface area contributed by atoms with Crippen molar-refractivity contribution in [3.8, 4) is 17.2 Å². The zero-order valence-electron chi connectivity index (χ0n) is 18.6. The van der Waals surface area contributed by atoms with Gasteiger partial charge in [-0.05, 0) is 67.6 Å². The van der Waals surface area contributed by atoms with Gasteiger partial charge in [-0.3, -0.25) is 0 Å². The Balaban J connectivity index is 1.75. The van der Waals surface area contributed by atoms with Crippen molar-refractivity contribution >= 4 is 11.4 Å². The van der Waals surface area contributed by atoms with Gasteiger partial charge in [0.25, 0.3) is 0 Å². The second kappa shape index (κ2) is 8.50. The van der Waals surface area contributed by atoms with Crippen LogP contribution < -0.4 is 24.4 Å². The van der Waals surface area contributed by atoms with Crippen LogP contribution in [0, 0.1) is 5.92 Å². The summed E-state index contributed by atoms with van der Waals surface area (Å²) in [7, 11) is 4.97. The summed E-state index contributed by atoms with van der Waals surface area (Å²) in [5.41, 5.74) is 5.05. The topological polar surface area (TPSA) is 43.0 Å². The quantitative estimate of drug-likeness (QED) is 0.623. The Hall–Kier alpha value is -2.82. The molecule has 2 aliphatic rings. The highest BCUT2D eigenvalue weighted by Crippen LogP contribution is 2.52. The van der Waals surface area contributed by atoms with Crippen LogP contribution in [0.5, 0.6) is 17.2 Å². The minimum atomic E-state index is 0.172. The van der Waals surface area contributed by atoms with Crippen molar-refractivity contribution in [3.05, 3.63) is 53.6 Å². The minimum Gasteiger partial charge on any atom is -0.493 e. The highest BCUT2D eigenvalue weighted by Gasteiger charge is 2.38. The lowest BCUT2D eigenvalue weighted by Gasteiger charge is -2.38. The SMILES string of the molecule is CCN(CC)c1ccc2c(c1)C1C=CCC1C(c1cc(OC)c(OC)c(OC)c1)N2. The number of nitrogens with one attached hydrogen (secondary N) is 1. The van der Waals surface area contributed by atoms with E-state index >= 15 is 0 Å². The first-order chi connectivity index (χ1) is 14.6. The molecule has 2 aromatic carbocycles. The van der Waals surface area contributed by atoms with Crippen molar-refractivity contribution in [2.75, 3.05) is 44.6 Å². The molecule has 4 rings (SSSR count). The molecule has 3 atom stereocenters. The fourth-order valence-electron chi connectivity index (χ4n) is 4.98. The zero-order valence-corrected chi connectivity index (χ0v) is 18.6. The van der Waals surface area contributed by atoms with Crippen molar-refractivity contribution in [3.63, 3.8) is 0 Å². The lowest BCUT2D eigenvalue weighted by molar-refractivity contribution is 0.322. The summed E-state index contributed by atoms with van der Waals surface area (Å²) < 4.78 is 16.7. The molecule has 0 saturated heterocycles. The Labute approximate surface area is 179 Å². The summed E-state index contributed by atoms with van der Waals surface area (Å²) in [4.78, 5) is 2.40. The Morgan fingerprint density at radius 1 is 0.967 bits per heavy atom. The van der Waals surface area contributed by atoms with Crippen LogP contribution in [0.1, 0.15) is 43.4 Å². The van der Waals surface area contributed by atoms with Crippen LogP contribution in [0.3, 0.4) is 0 Å². The van der Waals surface area contributed by atoms with E-state index in [2.05, 4.69) is 66.5 Å². The number of allylic oxidation sites excluding steroid dienone is 2. The molecular formula is C25H32N2O3. The fraction of sp³-hybridized carbons (Fsp3) is 0.440. The first-order valence-electron chi connectivity index (χ1n) is 10.8. The molecular weight excluding hydrogens is 376 g/mol. The average molecular weight is 409 g/mol. The second-order valence-electron chi connectivity index (χ2n) is 7.88. The van der Waals surface area contributed by atoms with Gasteiger partial charge in [-0.25, -0.2) is 0 Å². The van der Waals surface area contributed by atoms with Gasteiger partial charge >= 0.3 is 0 Å². The highest BCUT2D eigenvalue weighted by atomic mass is 16.5. The molecule has 0 radical (unpaired) electrons. The number of nitrogens with zero attached hydrogens (tertiary/aromatic N) is 1. The predicted molar refractivity (Wildman–Crippen MR) is 122 cm³/mol. The first kappa shape index (κ1) is 20.5. The van der Waals surface area contributed by atoms with E-state index in [4.69, 9.17) is 14.2 Å². The third-order valence-corrected chi connectivity index (χ3v) is 6.52. The number of benzene rings is 2. The molecule has 3 unspecified atom stereocenters. The van der Waals surface area contributed by atoms with E-state index in [0.29, 0.717) is 29.1 Å². The van der Waals surface area contributed by atoms with Crippen LogP contribution in [0.15, 0.2) is 42.5 Å². The molecule has 1 aliphatic carbocycles. The molecule has 1 heterocycles. The van der Waals surface area contributed by atoms with Gasteiger partial charge in [0.1, 0.15) is 0 Å². The maximum Gasteiger partial charge on any atom is 0.203 e. The summed E-state index contributed by atoms with van der Waals surface area (Å²) in [6.45, 7) is 6.45. The molecule has 5 nitrogen and oxygen atoms in total. The van der Waals surface area contributed by atoms with E-state index in [0.717, 1.165) is 25.1 Å². The van der Waals surface area contributed by atoms with Crippen molar-refractivity contribution in [1.82, 2.24) is 0 Å². The molecule has 0 amide bonds. The Morgan fingerprint density at radius 3 is 2.27 bits per heavy atom. The number of fused-ring (bicyclic) bond motifs is 3. The molecule has 160 valence electrons. The average Bonchev–Trinajstić information content (AvgIpc) is 3.28. The molecule has 1 N–H and O–H groups in total. The molecule has 0 bridgehead atoms. The van der Waals surface area contributed by atoms with Crippen molar-refractivity contribution in [2.45, 2.75) is 32.2 Å². The van der Waals surface area contributed by atoms with Gasteiger partial charge in [0.05, 0.1) is 27.4 Å². The number of hydrogen-bond donors (Lipinski definition) is 1. The number of methoxy groups -OCH3 is 3. The largest absolute Gasteiger partial charge is 0.493 e. The normalized spacial score (nSPS) is 21.4. The van der Waals surface area contributed by atoms with Gasteiger partial charge in [0.15, 0.2) is 11.5 Å². The number of rotatable bonds is 7. The van der Waals surface area contributed by atoms with Crippen LogP contribution in [-0.4, -0.2) is 34.4 Å². The second-order valence-corrected chi connectivity index (χ2v) is 7.88. The van der Waals surface area contributed by atoms with E-state index in [1.54, 1.807) is 21.3 Å². The lowest BCUT2D eigenvalue weighted by Crippen LogP contribution is -2.30. The molecule has 30 heavy (non-hydrogen) atoms. The molecule has 0 aromatic heterocycles. The molecule has 5 heteroatoms. The van der Waals surface area contributed by atoms with E-state index in [9.17, 15) is 0 Å². The number of hydrogen-bond acceptors (Lipinski definition) is 5. The summed E-state index contributed by atoms with van der Waals surface area (Å²) in [5.74, 6) is 2.87. The van der Waals surface area contributed by atoms with E-state index in [1.807, 2.05) is 0 Å². The van der Waals surface area contributed by atoms with Gasteiger partial charge in [0.2, 0.25) is 5.75 Å². The number of ether oxygens (including phenoxy) is 3. The highest BCUT2D eigenvalue weighted by molar-refractivity contribution is 5.66. The van der Waals surface area contributed by atoms with Crippen molar-refractivity contribution < 1.29 is 14.2 Å².